The Balaban J connectivity index is 2.35. The van der Waals surface area contributed by atoms with Gasteiger partial charge in [0, 0.05) is 23.3 Å². The van der Waals surface area contributed by atoms with Gasteiger partial charge >= 0.3 is 5.97 Å². The highest BCUT2D eigenvalue weighted by atomic mass is 32.1. The molecule has 0 aliphatic carbocycles. The predicted molar refractivity (Wildman–Crippen MR) is 72.7 cm³/mol. The third-order valence-electron chi connectivity index (χ3n) is 4.38. The molecule has 1 N–H and O–H groups in total. The fourth-order valence-corrected chi connectivity index (χ4v) is 3.63. The van der Waals surface area contributed by atoms with Crippen molar-refractivity contribution in [2.75, 3.05) is 19.6 Å². The number of carbonyl (C=O) groups is 1. The molecule has 0 amide bonds. The summed E-state index contributed by atoms with van der Waals surface area (Å²) in [5.74, 6) is -1.51. The number of ether oxygens (including phenoxy) is 1. The van der Waals surface area contributed by atoms with Crippen LogP contribution in [0, 0.1) is 34.0 Å². The molecule has 5 nitrogen and oxygen atoms in total. The fraction of sp³-hybridized carbons (Fsp3) is 0.643. The predicted octanol–water partition coefficient (Wildman–Crippen LogP) is 0.0402. The molecule has 1 saturated heterocycles. The maximum atomic E-state index is 11.9. The van der Waals surface area contributed by atoms with Crippen molar-refractivity contribution in [1.82, 2.24) is 0 Å². The van der Waals surface area contributed by atoms with Crippen LogP contribution in [0.25, 0.3) is 0 Å². The summed E-state index contributed by atoms with van der Waals surface area (Å²) in [6.07, 6.45) is 2.37. The maximum absolute atomic E-state index is 11.9. The lowest BCUT2D eigenvalue weighted by molar-refractivity contribution is -0.907. The van der Waals surface area contributed by atoms with Crippen LogP contribution in [-0.4, -0.2) is 25.6 Å². The Bertz CT molecular complexity index is 522. The molecule has 2 aliphatic rings. The number of nitrogens with zero attached hydrogens (tertiary/aromatic N) is 2. The van der Waals surface area contributed by atoms with E-state index in [9.17, 15) is 15.3 Å². The second-order valence-corrected chi connectivity index (χ2v) is 5.78. The first-order chi connectivity index (χ1) is 9.58. The van der Waals surface area contributed by atoms with Gasteiger partial charge in [-0.05, 0) is 6.42 Å². The molecule has 0 aromatic heterocycles. The zero-order chi connectivity index (χ0) is 14.8. The Morgan fingerprint density at radius 1 is 1.45 bits per heavy atom. The van der Waals surface area contributed by atoms with Gasteiger partial charge in [0.2, 0.25) is 0 Å². The first-order valence-corrected chi connectivity index (χ1v) is 7.26. The molecule has 0 radical (unpaired) electrons. The number of nitriles is 2. The lowest BCUT2D eigenvalue weighted by atomic mass is 9.64. The van der Waals surface area contributed by atoms with Crippen LogP contribution in [-0.2, 0) is 22.2 Å². The number of quaternary nitrogens is 1. The highest BCUT2D eigenvalue weighted by Crippen LogP contribution is 2.47. The van der Waals surface area contributed by atoms with E-state index < -0.39 is 17.3 Å². The zero-order valence-electron chi connectivity index (χ0n) is 11.4. The molecule has 6 heteroatoms. The molecule has 0 bridgehead atoms. The van der Waals surface area contributed by atoms with Crippen LogP contribution in [0.2, 0.25) is 0 Å². The molecule has 0 saturated carbocycles. The van der Waals surface area contributed by atoms with Crippen LogP contribution < -0.4 is 4.90 Å². The van der Waals surface area contributed by atoms with Gasteiger partial charge in [-0.1, -0.05) is 6.92 Å². The number of hydrogen-bond acceptors (Lipinski definition) is 5. The van der Waals surface area contributed by atoms with E-state index in [1.807, 2.05) is 6.07 Å². The number of allylic oxidation sites excluding steroid dienone is 1. The summed E-state index contributed by atoms with van der Waals surface area (Å²) in [6.45, 7) is 4.92. The van der Waals surface area contributed by atoms with E-state index in [0.717, 1.165) is 26.1 Å². The van der Waals surface area contributed by atoms with Crippen molar-refractivity contribution in [1.29, 1.82) is 10.5 Å². The summed E-state index contributed by atoms with van der Waals surface area (Å²) in [7, 11) is 0. The normalized spacial score (nSPS) is 33.5. The lowest BCUT2D eigenvalue weighted by Gasteiger charge is -2.45. The quantitative estimate of drug-likeness (QED) is 0.574. The third-order valence-corrected chi connectivity index (χ3v) is 4.66. The van der Waals surface area contributed by atoms with Crippen molar-refractivity contribution in [3.05, 3.63) is 10.7 Å². The summed E-state index contributed by atoms with van der Waals surface area (Å²) in [6, 6.07) is 4.11. The van der Waals surface area contributed by atoms with Gasteiger partial charge in [-0.15, -0.1) is 0 Å². The van der Waals surface area contributed by atoms with Gasteiger partial charge in [0.05, 0.1) is 37.3 Å². The highest BCUT2D eigenvalue weighted by Gasteiger charge is 2.53. The fourth-order valence-electron chi connectivity index (χ4n) is 3.30. The van der Waals surface area contributed by atoms with E-state index in [0.29, 0.717) is 18.4 Å². The van der Waals surface area contributed by atoms with Gasteiger partial charge < -0.3 is 22.3 Å². The number of hydrogen-bond donors (Lipinski definition) is 1. The van der Waals surface area contributed by atoms with E-state index in [-0.39, 0.29) is 5.09 Å². The zero-order valence-corrected chi connectivity index (χ0v) is 12.3. The first kappa shape index (κ1) is 14.8. The molecular formula is C14H17N3O2S. The summed E-state index contributed by atoms with van der Waals surface area (Å²) < 4.78 is 4.90. The summed E-state index contributed by atoms with van der Waals surface area (Å²) in [5.41, 5.74) is -0.415. The number of nitrogens with one attached hydrogen (secondary N) is 1. The van der Waals surface area contributed by atoms with Gasteiger partial charge in [0.25, 0.3) is 0 Å². The van der Waals surface area contributed by atoms with Crippen LogP contribution >= 0.6 is 0 Å². The molecule has 1 atom stereocenters. The molecule has 0 aromatic carbocycles. The lowest BCUT2D eigenvalue weighted by Crippen LogP contribution is -3.13. The SMILES string of the molecule is CCC[NH+]1CCC2(CC1)C(C#N)=C([S-])OC(=O)[C@H]2C#N. The minimum atomic E-state index is -0.910. The highest BCUT2D eigenvalue weighted by molar-refractivity contribution is 7.63. The number of cyclic esters (lactones) is 1. The molecule has 1 spiro atoms. The van der Waals surface area contributed by atoms with Crippen molar-refractivity contribution in [2.45, 2.75) is 26.2 Å². The molecular weight excluding hydrogens is 274 g/mol. The Kier molecular flexibility index (Phi) is 4.27. The van der Waals surface area contributed by atoms with Gasteiger partial charge in [0.15, 0.2) is 5.92 Å². The summed E-state index contributed by atoms with van der Waals surface area (Å²) >= 11 is 5.02. The molecule has 0 aromatic rings. The van der Waals surface area contributed by atoms with Crippen LogP contribution in [0.4, 0.5) is 0 Å². The van der Waals surface area contributed by atoms with Crippen LogP contribution in [0.1, 0.15) is 26.2 Å². The van der Waals surface area contributed by atoms with Crippen molar-refractivity contribution in [3.8, 4) is 12.1 Å². The number of carbonyl (C=O) groups excluding carboxylic acids is 1. The Morgan fingerprint density at radius 3 is 2.60 bits per heavy atom. The average Bonchev–Trinajstić information content (AvgIpc) is 2.42. The maximum Gasteiger partial charge on any atom is 0.327 e. The molecule has 2 heterocycles. The molecule has 0 unspecified atom stereocenters. The smallest absolute Gasteiger partial charge is 0.327 e. The number of piperidine rings is 1. The van der Waals surface area contributed by atoms with E-state index in [2.05, 4.69) is 13.0 Å². The second-order valence-electron chi connectivity index (χ2n) is 5.41. The van der Waals surface area contributed by atoms with E-state index in [1.54, 1.807) is 0 Å². The van der Waals surface area contributed by atoms with Crippen LogP contribution in [0.15, 0.2) is 10.7 Å². The van der Waals surface area contributed by atoms with Crippen molar-refractivity contribution < 1.29 is 14.4 Å². The molecule has 1 fully saturated rings. The number of rotatable bonds is 2. The van der Waals surface area contributed by atoms with E-state index in [4.69, 9.17) is 17.4 Å². The second kappa shape index (κ2) is 5.78. The number of esters is 1. The summed E-state index contributed by atoms with van der Waals surface area (Å²) in [5, 5.41) is 18.7. The Hall–Kier alpha value is -1.63. The number of likely N-dealkylation sites (tertiary alicyclic amines) is 1. The standard InChI is InChI=1S/C14H17N3O2S/c1-2-5-17-6-3-14(4-7-17)10(8-15)12(18)19-13(20)11(14)9-16/h10,20H,2-7H2,1H3/t10-/m1/s1. The molecule has 2 aliphatic heterocycles. The van der Waals surface area contributed by atoms with Crippen molar-refractivity contribution >= 4 is 18.6 Å². The van der Waals surface area contributed by atoms with E-state index in [1.165, 1.54) is 4.90 Å². The Morgan fingerprint density at radius 2 is 2.10 bits per heavy atom. The van der Waals surface area contributed by atoms with Gasteiger partial charge in [-0.3, -0.25) is 4.79 Å². The first-order valence-electron chi connectivity index (χ1n) is 6.85. The van der Waals surface area contributed by atoms with E-state index >= 15 is 0 Å². The van der Waals surface area contributed by atoms with Crippen molar-refractivity contribution in [2.24, 2.45) is 11.3 Å². The molecule has 2 rings (SSSR count). The van der Waals surface area contributed by atoms with Crippen LogP contribution in [0.3, 0.4) is 0 Å². The van der Waals surface area contributed by atoms with Gasteiger partial charge in [-0.2, -0.15) is 10.5 Å². The molecule has 106 valence electrons. The molecule has 20 heavy (non-hydrogen) atoms. The third kappa shape index (κ3) is 2.26. The van der Waals surface area contributed by atoms with Crippen molar-refractivity contribution in [3.63, 3.8) is 0 Å². The monoisotopic (exact) mass is 291 g/mol. The average molecular weight is 291 g/mol. The Labute approximate surface area is 124 Å². The van der Waals surface area contributed by atoms with Crippen LogP contribution in [0.5, 0.6) is 0 Å². The van der Waals surface area contributed by atoms with Gasteiger partial charge in [0.1, 0.15) is 0 Å². The topological polar surface area (TPSA) is 78.3 Å². The van der Waals surface area contributed by atoms with Gasteiger partial charge in [-0.25, -0.2) is 0 Å². The largest absolute Gasteiger partial charge is 0.741 e. The minimum absolute atomic E-state index is 0.0389. The minimum Gasteiger partial charge on any atom is -0.741 e. The summed E-state index contributed by atoms with van der Waals surface area (Å²) in [4.78, 5) is 13.4.